The van der Waals surface area contributed by atoms with Gasteiger partial charge in [0, 0.05) is 45.0 Å². The summed E-state index contributed by atoms with van der Waals surface area (Å²) in [6.45, 7) is 7.37. The van der Waals surface area contributed by atoms with Crippen molar-refractivity contribution in [2.45, 2.75) is 26.2 Å². The van der Waals surface area contributed by atoms with Crippen LogP contribution >= 0.6 is 0 Å². The minimum absolute atomic E-state index is 0.217. The zero-order valence-corrected chi connectivity index (χ0v) is 19.6. The third kappa shape index (κ3) is 4.15. The van der Waals surface area contributed by atoms with E-state index in [1.807, 2.05) is 55.5 Å². The van der Waals surface area contributed by atoms with Crippen LogP contribution in [0.4, 0.5) is 11.4 Å². The van der Waals surface area contributed by atoms with Gasteiger partial charge in [-0.2, -0.15) is 0 Å². The molecular weight excluding hydrogens is 412 g/mol. The summed E-state index contributed by atoms with van der Waals surface area (Å²) in [5.74, 6) is -0.450. The maximum Gasteiger partial charge on any atom is 0.282 e. The Hall–Kier alpha value is -3.12. The van der Waals surface area contributed by atoms with Crippen LogP contribution in [0.25, 0.3) is 5.57 Å². The monoisotopic (exact) mass is 444 g/mol. The highest BCUT2D eigenvalue weighted by atomic mass is 16.2. The van der Waals surface area contributed by atoms with Gasteiger partial charge in [-0.05, 0) is 63.1 Å². The highest BCUT2D eigenvalue weighted by molar-refractivity contribution is 6.45. The molecule has 0 radical (unpaired) electrons. The third-order valence-electron chi connectivity index (χ3n) is 7.05. The van der Waals surface area contributed by atoms with Crippen LogP contribution in [-0.2, 0) is 9.59 Å². The molecule has 0 aromatic heterocycles. The van der Waals surface area contributed by atoms with Crippen LogP contribution in [0.1, 0.15) is 30.4 Å². The van der Waals surface area contributed by atoms with E-state index in [1.54, 1.807) is 0 Å². The maximum absolute atomic E-state index is 13.7. The Bertz CT molecular complexity index is 1060. The Morgan fingerprint density at radius 3 is 1.88 bits per heavy atom. The fourth-order valence-electron chi connectivity index (χ4n) is 5.02. The van der Waals surface area contributed by atoms with E-state index in [0.717, 1.165) is 56.1 Å². The summed E-state index contributed by atoms with van der Waals surface area (Å²) in [5, 5.41) is 0. The molecule has 3 aliphatic heterocycles. The van der Waals surface area contributed by atoms with E-state index < -0.39 is 0 Å². The fraction of sp³-hybridized carbons (Fsp3) is 0.407. The van der Waals surface area contributed by atoms with Crippen LogP contribution in [0.2, 0.25) is 0 Å². The number of hydrogen-bond donors (Lipinski definition) is 0. The lowest BCUT2D eigenvalue weighted by atomic mass is 10.0. The van der Waals surface area contributed by atoms with Gasteiger partial charge in [-0.3, -0.25) is 9.59 Å². The quantitative estimate of drug-likeness (QED) is 0.676. The number of rotatable bonds is 4. The minimum atomic E-state index is -0.233. The molecule has 0 atom stereocenters. The third-order valence-corrected chi connectivity index (χ3v) is 7.05. The molecule has 33 heavy (non-hydrogen) atoms. The molecular formula is C27H32N4O2. The first kappa shape index (κ1) is 21.7. The number of carbonyl (C=O) groups excluding carboxylic acids is 2. The first-order valence-electron chi connectivity index (χ1n) is 12.0. The highest BCUT2D eigenvalue weighted by Crippen LogP contribution is 2.36. The molecule has 2 amide bonds. The first-order chi connectivity index (χ1) is 16.0. The van der Waals surface area contributed by atoms with Crippen molar-refractivity contribution in [3.8, 4) is 0 Å². The van der Waals surface area contributed by atoms with E-state index in [-0.39, 0.29) is 11.8 Å². The van der Waals surface area contributed by atoms with Crippen LogP contribution < -0.4 is 9.80 Å². The smallest absolute Gasteiger partial charge is 0.282 e. The van der Waals surface area contributed by atoms with Crippen molar-refractivity contribution in [1.29, 1.82) is 0 Å². The standard InChI is InChI=1S/C27H32N4O2/c1-20-6-8-21(9-7-20)24-25(30-18-16-28(2)17-19-30)27(33)31(26(24)32)23-12-10-22(11-13-23)29-14-4-3-5-15-29/h6-13H,3-5,14-19H2,1-2H3. The molecule has 0 bridgehead atoms. The molecule has 0 saturated carbocycles. The zero-order chi connectivity index (χ0) is 22.9. The van der Waals surface area contributed by atoms with Gasteiger partial charge in [0.05, 0.1) is 11.3 Å². The lowest BCUT2D eigenvalue weighted by Gasteiger charge is -2.34. The molecule has 2 aromatic rings. The second-order valence-corrected chi connectivity index (χ2v) is 9.39. The van der Waals surface area contributed by atoms with E-state index in [9.17, 15) is 9.59 Å². The van der Waals surface area contributed by atoms with Gasteiger partial charge >= 0.3 is 0 Å². The summed E-state index contributed by atoms with van der Waals surface area (Å²) in [7, 11) is 2.09. The summed E-state index contributed by atoms with van der Waals surface area (Å²) >= 11 is 0. The molecule has 0 spiro atoms. The SMILES string of the molecule is Cc1ccc(C2=C(N3CCN(C)CC3)C(=O)N(c3ccc(N4CCCCC4)cc3)C2=O)cc1. The van der Waals surface area contributed by atoms with E-state index in [1.165, 1.54) is 24.2 Å². The van der Waals surface area contributed by atoms with Crippen molar-refractivity contribution in [3.05, 3.63) is 65.4 Å². The van der Waals surface area contributed by atoms with Gasteiger partial charge in [0.25, 0.3) is 11.8 Å². The van der Waals surface area contributed by atoms with E-state index >= 15 is 0 Å². The van der Waals surface area contributed by atoms with Crippen LogP contribution in [0.3, 0.4) is 0 Å². The summed E-state index contributed by atoms with van der Waals surface area (Å²) in [4.78, 5) is 35.5. The Labute approximate surface area is 196 Å². The predicted molar refractivity (Wildman–Crippen MR) is 132 cm³/mol. The molecule has 3 heterocycles. The van der Waals surface area contributed by atoms with Crippen molar-refractivity contribution in [2.24, 2.45) is 0 Å². The molecule has 0 aliphatic carbocycles. The van der Waals surface area contributed by atoms with Gasteiger partial charge < -0.3 is 14.7 Å². The number of aryl methyl sites for hydroxylation is 1. The molecule has 2 aromatic carbocycles. The minimum Gasteiger partial charge on any atom is -0.372 e. The van der Waals surface area contributed by atoms with Crippen molar-refractivity contribution in [1.82, 2.24) is 9.80 Å². The molecule has 2 fully saturated rings. The molecule has 6 heteroatoms. The maximum atomic E-state index is 13.7. The van der Waals surface area contributed by atoms with Crippen molar-refractivity contribution in [3.63, 3.8) is 0 Å². The van der Waals surface area contributed by atoms with Gasteiger partial charge in [-0.1, -0.05) is 29.8 Å². The molecule has 172 valence electrons. The molecule has 0 unspecified atom stereocenters. The summed E-state index contributed by atoms with van der Waals surface area (Å²) in [6, 6.07) is 15.8. The summed E-state index contributed by atoms with van der Waals surface area (Å²) in [6.07, 6.45) is 3.71. The van der Waals surface area contributed by atoms with Gasteiger partial charge in [-0.25, -0.2) is 4.90 Å². The second kappa shape index (κ2) is 9.02. The Balaban J connectivity index is 1.48. The van der Waals surface area contributed by atoms with Crippen molar-refractivity contribution >= 4 is 28.8 Å². The Kier molecular flexibility index (Phi) is 5.94. The molecule has 6 nitrogen and oxygen atoms in total. The average Bonchev–Trinajstić information content (AvgIpc) is 3.11. The van der Waals surface area contributed by atoms with Crippen LogP contribution in [0.15, 0.2) is 54.2 Å². The average molecular weight is 445 g/mol. The van der Waals surface area contributed by atoms with Crippen molar-refractivity contribution in [2.75, 3.05) is 56.1 Å². The predicted octanol–water partition coefficient (Wildman–Crippen LogP) is 3.52. The Morgan fingerprint density at radius 1 is 0.636 bits per heavy atom. The van der Waals surface area contributed by atoms with E-state index in [2.05, 4.69) is 21.7 Å². The first-order valence-corrected chi connectivity index (χ1v) is 12.0. The second-order valence-electron chi connectivity index (χ2n) is 9.39. The van der Waals surface area contributed by atoms with Gasteiger partial charge in [0.15, 0.2) is 0 Å². The lowest BCUT2D eigenvalue weighted by molar-refractivity contribution is -0.120. The van der Waals surface area contributed by atoms with E-state index in [4.69, 9.17) is 0 Å². The zero-order valence-electron chi connectivity index (χ0n) is 19.6. The topological polar surface area (TPSA) is 47.1 Å². The number of amides is 2. The number of nitrogens with zero attached hydrogens (tertiary/aromatic N) is 4. The fourth-order valence-corrected chi connectivity index (χ4v) is 5.02. The molecule has 5 rings (SSSR count). The Morgan fingerprint density at radius 2 is 1.24 bits per heavy atom. The number of imide groups is 1. The van der Waals surface area contributed by atoms with Crippen LogP contribution in [0, 0.1) is 6.92 Å². The molecule has 0 N–H and O–H groups in total. The van der Waals surface area contributed by atoms with E-state index in [0.29, 0.717) is 17.0 Å². The number of likely N-dealkylation sites (N-methyl/N-ethyl adjacent to an activating group) is 1. The normalized spacial score (nSPS) is 20.2. The van der Waals surface area contributed by atoms with Crippen LogP contribution in [-0.4, -0.2) is 67.9 Å². The van der Waals surface area contributed by atoms with Crippen LogP contribution in [0.5, 0.6) is 0 Å². The number of hydrogen-bond acceptors (Lipinski definition) is 5. The number of carbonyl (C=O) groups is 2. The lowest BCUT2D eigenvalue weighted by Crippen LogP contribution is -2.46. The summed E-state index contributed by atoms with van der Waals surface area (Å²) < 4.78 is 0. The molecule has 3 aliphatic rings. The highest BCUT2D eigenvalue weighted by Gasteiger charge is 2.42. The number of piperazine rings is 1. The summed E-state index contributed by atoms with van der Waals surface area (Å²) in [5.41, 5.74) is 4.78. The molecule has 2 saturated heterocycles. The number of benzene rings is 2. The number of anilines is 2. The largest absolute Gasteiger partial charge is 0.372 e. The van der Waals surface area contributed by atoms with Gasteiger partial charge in [0.2, 0.25) is 0 Å². The van der Waals surface area contributed by atoms with Crippen molar-refractivity contribution < 1.29 is 9.59 Å². The number of piperidine rings is 1. The van der Waals surface area contributed by atoms with Gasteiger partial charge in [0.1, 0.15) is 5.70 Å². The van der Waals surface area contributed by atoms with Gasteiger partial charge in [-0.15, -0.1) is 0 Å².